The van der Waals surface area contributed by atoms with Crippen molar-refractivity contribution >= 4 is 18.2 Å². The van der Waals surface area contributed by atoms with E-state index in [9.17, 15) is 13.6 Å². The molecule has 10 heteroatoms. The van der Waals surface area contributed by atoms with Crippen LogP contribution < -0.4 is 14.8 Å². The second-order valence-corrected chi connectivity index (χ2v) is 8.53. The van der Waals surface area contributed by atoms with E-state index in [2.05, 4.69) is 20.3 Å². The molecule has 0 radical (unpaired) electrons. The average molecular weight is 489 g/mol. The second-order valence-electron chi connectivity index (χ2n) is 8.53. The first-order valence-corrected chi connectivity index (χ1v) is 11.8. The third kappa shape index (κ3) is 6.45. The molecular weight excluding hydrogens is 458 g/mol. The highest BCUT2D eigenvalue weighted by atomic mass is 19.3. The van der Waals surface area contributed by atoms with Gasteiger partial charge < -0.3 is 24.5 Å². The number of benzene rings is 1. The third-order valence-electron chi connectivity index (χ3n) is 5.90. The predicted molar refractivity (Wildman–Crippen MR) is 128 cm³/mol. The first kappa shape index (κ1) is 24.8. The van der Waals surface area contributed by atoms with E-state index >= 15 is 0 Å². The van der Waals surface area contributed by atoms with Crippen LogP contribution in [0.5, 0.6) is 11.5 Å². The van der Waals surface area contributed by atoms with Gasteiger partial charge in [-0.25, -0.2) is 13.8 Å². The molecule has 1 aromatic carbocycles. The zero-order valence-electron chi connectivity index (χ0n) is 19.9. The molecule has 1 saturated heterocycles. The van der Waals surface area contributed by atoms with Crippen molar-refractivity contribution in [3.63, 3.8) is 0 Å². The molecule has 0 atom stereocenters. The number of alkyl halides is 2. The molecule has 1 aromatic heterocycles. The molecule has 1 aliphatic carbocycles. The molecule has 2 aliphatic rings. The van der Waals surface area contributed by atoms with E-state index in [0.29, 0.717) is 30.3 Å². The number of amides is 1. The number of allylic oxidation sites excluding steroid dienone is 1. The molecular formula is C25H30F2N4O4. The number of H-pyrrole nitrogens is 1. The number of methoxy groups -OCH3 is 1. The van der Waals surface area contributed by atoms with Crippen LogP contribution in [-0.4, -0.2) is 61.5 Å². The number of ether oxygens (including phenoxy) is 3. The Hall–Kier alpha value is -3.27. The molecule has 8 nitrogen and oxygen atoms in total. The first-order valence-electron chi connectivity index (χ1n) is 11.8. The van der Waals surface area contributed by atoms with E-state index in [4.69, 9.17) is 14.2 Å². The van der Waals surface area contributed by atoms with Crippen LogP contribution in [0.4, 0.5) is 8.78 Å². The van der Waals surface area contributed by atoms with Gasteiger partial charge in [-0.15, -0.1) is 0 Å². The summed E-state index contributed by atoms with van der Waals surface area (Å²) in [4.78, 5) is 25.0. The number of nitrogens with one attached hydrogen (secondary N) is 2. The number of carbonyl (C=O) groups is 1. The Labute approximate surface area is 202 Å². The van der Waals surface area contributed by atoms with Gasteiger partial charge in [0.25, 0.3) is 12.3 Å². The lowest BCUT2D eigenvalue weighted by Gasteiger charge is -2.22. The van der Waals surface area contributed by atoms with E-state index in [1.54, 1.807) is 24.5 Å². The summed E-state index contributed by atoms with van der Waals surface area (Å²) in [5.41, 5.74) is 2.23. The molecule has 2 heterocycles. The van der Waals surface area contributed by atoms with Crippen LogP contribution in [0.25, 0.3) is 17.3 Å². The van der Waals surface area contributed by atoms with Crippen molar-refractivity contribution in [2.45, 2.75) is 45.1 Å². The Morgan fingerprint density at radius 2 is 2.03 bits per heavy atom. The number of imidazole rings is 1. The Balaban J connectivity index is 1.66. The molecule has 0 spiro atoms. The molecule has 0 unspecified atom stereocenters. The summed E-state index contributed by atoms with van der Waals surface area (Å²) >= 11 is 0. The van der Waals surface area contributed by atoms with Crippen molar-refractivity contribution in [3.8, 4) is 22.8 Å². The van der Waals surface area contributed by atoms with Crippen molar-refractivity contribution in [3.05, 3.63) is 35.4 Å². The number of halogens is 2. The number of hydrogen-bond donors (Lipinski definition) is 2. The average Bonchev–Trinajstić information content (AvgIpc) is 3.55. The maximum absolute atomic E-state index is 12.9. The van der Waals surface area contributed by atoms with E-state index in [-0.39, 0.29) is 29.0 Å². The summed E-state index contributed by atoms with van der Waals surface area (Å²) in [5, 5.41) is 2.86. The minimum Gasteiger partial charge on any atom is -0.496 e. The number of carbonyl (C=O) groups excluding carboxylic acids is 1. The minimum absolute atomic E-state index is 0.0305. The highest BCUT2D eigenvalue weighted by Crippen LogP contribution is 2.36. The number of aliphatic imine (C=N–C) groups is 1. The molecule has 2 aromatic rings. The van der Waals surface area contributed by atoms with Gasteiger partial charge in [-0.1, -0.05) is 0 Å². The van der Waals surface area contributed by atoms with E-state index in [1.807, 2.05) is 13.0 Å². The normalized spacial score (nSPS) is 17.2. The van der Waals surface area contributed by atoms with E-state index < -0.39 is 18.9 Å². The molecule has 188 valence electrons. The van der Waals surface area contributed by atoms with Crippen LogP contribution >= 0.6 is 0 Å². The fourth-order valence-electron chi connectivity index (χ4n) is 3.98. The fourth-order valence-corrected chi connectivity index (χ4v) is 3.98. The highest BCUT2D eigenvalue weighted by Gasteiger charge is 2.28. The van der Waals surface area contributed by atoms with Gasteiger partial charge in [0, 0.05) is 48.7 Å². The quantitative estimate of drug-likeness (QED) is 0.481. The maximum atomic E-state index is 12.9. The van der Waals surface area contributed by atoms with Gasteiger partial charge in [-0.3, -0.25) is 9.79 Å². The fraction of sp³-hybridized carbons (Fsp3) is 0.480. The van der Waals surface area contributed by atoms with Crippen molar-refractivity contribution < 1.29 is 27.8 Å². The van der Waals surface area contributed by atoms with Crippen LogP contribution in [0.15, 0.2) is 29.0 Å². The lowest BCUT2D eigenvalue weighted by atomic mass is 9.96. The van der Waals surface area contributed by atoms with Crippen LogP contribution in [0.2, 0.25) is 0 Å². The largest absolute Gasteiger partial charge is 0.496 e. The first-order chi connectivity index (χ1) is 17.0. The second kappa shape index (κ2) is 11.4. The Kier molecular flexibility index (Phi) is 8.12. The summed E-state index contributed by atoms with van der Waals surface area (Å²) in [6, 6.07) is 3.31. The van der Waals surface area contributed by atoms with Crippen molar-refractivity contribution in [1.82, 2.24) is 15.3 Å². The lowest BCUT2D eigenvalue weighted by molar-refractivity contribution is 0.0757. The standard InChI is InChI=1S/C25H30F2N4O4/c1-3-28-18(15-6-8-34-9-7-15)12-23-29-13-19(31-23)16-10-20(33-2)24(25(32)30-17-4-5-17)21(11-16)35-14-22(26)27/h3,10-13,15,17,22H,4-9,14H2,1-2H3,(H,29,31)(H,30,32)/b18-12-,28-3-. The topological polar surface area (TPSA) is 97.8 Å². The van der Waals surface area contributed by atoms with Gasteiger partial charge in [0.1, 0.15) is 29.5 Å². The van der Waals surface area contributed by atoms with Crippen LogP contribution in [-0.2, 0) is 4.74 Å². The highest BCUT2D eigenvalue weighted by molar-refractivity contribution is 6.01. The monoisotopic (exact) mass is 488 g/mol. The summed E-state index contributed by atoms with van der Waals surface area (Å²) < 4.78 is 42.1. The predicted octanol–water partition coefficient (Wildman–Crippen LogP) is 4.48. The van der Waals surface area contributed by atoms with Gasteiger partial charge >= 0.3 is 0 Å². The zero-order chi connectivity index (χ0) is 24.8. The molecule has 35 heavy (non-hydrogen) atoms. The summed E-state index contributed by atoms with van der Waals surface area (Å²) in [6.45, 7) is 2.44. The number of rotatable bonds is 10. The maximum Gasteiger partial charge on any atom is 0.272 e. The molecule has 2 fully saturated rings. The van der Waals surface area contributed by atoms with Crippen molar-refractivity contribution in [1.29, 1.82) is 0 Å². The number of aromatic nitrogens is 2. The SMILES string of the molecule is C/C=N\C(=C/c1ncc(-c2cc(OC)c(C(=O)NC3CC3)c(OCC(F)F)c2)[nH]1)C1CCOCC1. The summed E-state index contributed by atoms with van der Waals surface area (Å²) in [7, 11) is 1.42. The molecule has 0 bridgehead atoms. The van der Waals surface area contributed by atoms with Gasteiger partial charge in [0.2, 0.25) is 0 Å². The number of aromatic amines is 1. The van der Waals surface area contributed by atoms with Gasteiger partial charge in [-0.2, -0.15) is 0 Å². The molecule has 1 saturated carbocycles. The molecule has 1 aliphatic heterocycles. The Morgan fingerprint density at radius 3 is 2.69 bits per heavy atom. The Bertz CT molecular complexity index is 1090. The lowest BCUT2D eigenvalue weighted by Crippen LogP contribution is -2.26. The molecule has 2 N–H and O–H groups in total. The Morgan fingerprint density at radius 1 is 1.29 bits per heavy atom. The van der Waals surface area contributed by atoms with Crippen LogP contribution in [0, 0.1) is 5.92 Å². The number of nitrogens with zero attached hydrogens (tertiary/aromatic N) is 2. The van der Waals surface area contributed by atoms with Crippen LogP contribution in [0.3, 0.4) is 0 Å². The molecule has 4 rings (SSSR count). The smallest absolute Gasteiger partial charge is 0.272 e. The van der Waals surface area contributed by atoms with Crippen LogP contribution in [0.1, 0.15) is 48.8 Å². The van der Waals surface area contributed by atoms with E-state index in [1.165, 1.54) is 7.11 Å². The molecule has 1 amide bonds. The van der Waals surface area contributed by atoms with Crippen molar-refractivity contribution in [2.24, 2.45) is 10.9 Å². The third-order valence-corrected chi connectivity index (χ3v) is 5.90. The zero-order valence-corrected chi connectivity index (χ0v) is 19.9. The van der Waals surface area contributed by atoms with Gasteiger partial charge in [0.05, 0.1) is 19.0 Å². The summed E-state index contributed by atoms with van der Waals surface area (Å²) in [6.07, 6.45) is 6.18. The van der Waals surface area contributed by atoms with E-state index in [0.717, 1.165) is 31.4 Å². The summed E-state index contributed by atoms with van der Waals surface area (Å²) in [5.74, 6) is 0.744. The number of hydrogen-bond acceptors (Lipinski definition) is 6. The van der Waals surface area contributed by atoms with Crippen molar-refractivity contribution in [2.75, 3.05) is 26.9 Å². The van der Waals surface area contributed by atoms with Gasteiger partial charge in [0.15, 0.2) is 0 Å². The minimum atomic E-state index is -2.68. The van der Waals surface area contributed by atoms with Gasteiger partial charge in [-0.05, 0) is 44.7 Å².